The lowest BCUT2D eigenvalue weighted by Gasteiger charge is -2.12. The number of nitriles is 3. The third kappa shape index (κ3) is 12.9. The molecule has 0 spiro atoms. The smallest absolute Gasteiger partial charge is 0.141 e. The van der Waals surface area contributed by atoms with Gasteiger partial charge in [-0.2, -0.15) is 15.8 Å². The van der Waals surface area contributed by atoms with Crippen molar-refractivity contribution in [3.63, 3.8) is 0 Å². The fourth-order valence-corrected chi connectivity index (χ4v) is 20.0. The Morgan fingerprint density at radius 2 is 0.508 bits per heavy atom. The molecule has 614 valence electrons. The molecule has 0 saturated carbocycles. The van der Waals surface area contributed by atoms with Crippen LogP contribution in [0.5, 0.6) is 0 Å². The van der Waals surface area contributed by atoms with Gasteiger partial charge in [0.25, 0.3) is 0 Å². The highest BCUT2D eigenvalue weighted by Crippen LogP contribution is 2.48. The van der Waals surface area contributed by atoms with Crippen molar-refractivity contribution < 1.29 is 0 Å². The van der Waals surface area contributed by atoms with E-state index in [1.807, 2.05) is 42.5 Å². The average molecular weight is 1680 g/mol. The van der Waals surface area contributed by atoms with Crippen LogP contribution in [0.3, 0.4) is 0 Å². The number of hydrogen-bond acceptors (Lipinski definition) is 6. The molecule has 0 amide bonds. The minimum absolute atomic E-state index is 0.413. The Kier molecular flexibility index (Phi) is 18.8. The topological polar surface area (TPSA) is 140 Å². The molecular formula is C120H74N12. The Morgan fingerprint density at radius 1 is 0.189 bits per heavy atom. The number of benzene rings is 17. The van der Waals surface area contributed by atoms with Gasteiger partial charge in [-0.15, -0.1) is 0 Å². The molecule has 12 nitrogen and oxygen atoms in total. The third-order valence-corrected chi connectivity index (χ3v) is 25.7. The summed E-state index contributed by atoms with van der Waals surface area (Å²) in [6.45, 7) is 0. The van der Waals surface area contributed by atoms with Gasteiger partial charge in [-0.05, 0) is 209 Å². The van der Waals surface area contributed by atoms with Crippen LogP contribution in [0.2, 0.25) is 0 Å². The molecule has 0 atom stereocenters. The molecule has 0 bridgehead atoms. The van der Waals surface area contributed by atoms with E-state index in [-0.39, 0.29) is 0 Å². The molecule has 0 N–H and O–H groups in total. The van der Waals surface area contributed by atoms with Crippen molar-refractivity contribution in [2.45, 2.75) is 0 Å². The van der Waals surface area contributed by atoms with Gasteiger partial charge in [-0.1, -0.05) is 261 Å². The molecule has 26 rings (SSSR count). The van der Waals surface area contributed by atoms with Crippen molar-refractivity contribution in [2.24, 2.45) is 0 Å². The molecule has 0 unspecified atom stereocenters. The van der Waals surface area contributed by atoms with Crippen LogP contribution in [-0.2, 0) is 0 Å². The van der Waals surface area contributed by atoms with Crippen molar-refractivity contribution in [3.05, 3.63) is 466 Å². The molecule has 17 aromatic carbocycles. The summed E-state index contributed by atoms with van der Waals surface area (Å²) in [6, 6.07) is 160. The van der Waals surface area contributed by atoms with Crippen molar-refractivity contribution in [1.82, 2.24) is 42.4 Å². The van der Waals surface area contributed by atoms with Gasteiger partial charge >= 0.3 is 0 Å². The summed E-state index contributed by atoms with van der Waals surface area (Å²) in [4.78, 5) is 13.2. The maximum Gasteiger partial charge on any atom is 0.141 e. The first kappa shape index (κ1) is 77.1. The van der Waals surface area contributed by atoms with Gasteiger partial charge < -0.3 is 27.4 Å². The van der Waals surface area contributed by atoms with E-state index in [0.29, 0.717) is 17.0 Å². The van der Waals surface area contributed by atoms with Crippen molar-refractivity contribution in [3.8, 4) is 108 Å². The average Bonchev–Trinajstić information content (AvgIpc) is 1.55. The van der Waals surface area contributed by atoms with Crippen LogP contribution in [-0.4, -0.2) is 42.4 Å². The van der Waals surface area contributed by atoms with Crippen LogP contribution < -0.4 is 0 Å². The minimum Gasteiger partial charge on any atom is -0.309 e. The highest BCUT2D eigenvalue weighted by Gasteiger charge is 2.26. The summed E-state index contributed by atoms with van der Waals surface area (Å²) in [5.74, 6) is 0. The van der Waals surface area contributed by atoms with E-state index < -0.39 is 0 Å². The minimum atomic E-state index is 0.413. The lowest BCUT2D eigenvalue weighted by Crippen LogP contribution is -1.95. The zero-order chi connectivity index (χ0) is 87.9. The van der Waals surface area contributed by atoms with Crippen molar-refractivity contribution in [1.29, 1.82) is 15.8 Å². The molecule has 9 heterocycles. The number of nitrogens with zero attached hydrogens (tertiary/aromatic N) is 12. The zero-order valence-electron chi connectivity index (χ0n) is 71.1. The van der Waals surface area contributed by atoms with E-state index in [9.17, 15) is 15.8 Å². The maximum atomic E-state index is 9.38. The first-order valence-electron chi connectivity index (χ1n) is 44.0. The summed E-state index contributed by atoms with van der Waals surface area (Å²) in [5.41, 5.74) is 32.4. The molecule has 0 fully saturated rings. The predicted molar refractivity (Wildman–Crippen MR) is 540 cm³/mol. The molecule has 132 heavy (non-hydrogen) atoms. The molecule has 0 aliphatic heterocycles. The summed E-state index contributed by atoms with van der Waals surface area (Å²) in [5, 5.41) is 42.8. The van der Waals surface area contributed by atoms with Gasteiger partial charge in [0.05, 0.1) is 83.2 Å². The summed E-state index contributed by atoms with van der Waals surface area (Å²) < 4.78 is 14.4. The first-order chi connectivity index (χ1) is 65.4. The number of para-hydroxylation sites is 9. The Labute approximate surface area is 758 Å². The molecule has 9 aromatic heterocycles. The highest BCUT2D eigenvalue weighted by atomic mass is 15.0. The maximum absolute atomic E-state index is 9.38. The Bertz CT molecular complexity index is 9260. The standard InChI is InChI=1S/2C42H26N4.C36H22N4/c43-27-31-14-10-20-37(44-31)30-13-8-11-28(25-30)29-12-9-17-33(26-29)45-39-22-7-5-19-36(39)41-40(45)24-23-35-34-18-4-6-21-38(34)46(42(35)41)32-15-2-1-3-16-32;43-26-28-20-22-37(44-27-28)31-12-8-10-29(24-31)30-11-9-15-33(25-30)45-39-19-7-5-17-36(39)41-40(45)23-21-35-34-16-4-6-18-38(34)46(42(35)41)32-13-2-1-3-14-32;37-23-26-21-25(19-20-38-26)24-9-8-12-28(22-24)39-33-16-7-5-14-31(33)35-34(39)18-17-30-29-13-4-6-15-32(29)40(36(30)35)27-10-2-1-3-11-27/h1-26H;1-25,27H;1-22H. The second kappa shape index (κ2) is 32.2. The second-order valence-electron chi connectivity index (χ2n) is 33.1. The first-order valence-corrected chi connectivity index (χ1v) is 44.0. The fourth-order valence-electron chi connectivity index (χ4n) is 20.0. The predicted octanol–water partition coefficient (Wildman–Crippen LogP) is 29.8. The Morgan fingerprint density at radius 3 is 0.879 bits per heavy atom. The van der Waals surface area contributed by atoms with Crippen LogP contribution >= 0.6 is 0 Å². The van der Waals surface area contributed by atoms with Crippen molar-refractivity contribution >= 4 is 131 Å². The number of pyridine rings is 3. The SMILES string of the molecule is N#Cc1cc(-c2cccc(-n3c4ccccc4c4c3ccc3c5ccccc5n(-c5ccccc5)c34)c2)ccn1.N#Cc1ccc(-c2cccc(-c3cccc(-n4c5ccccc5c5c4ccc4c6ccccc6n(-c6ccccc6)c45)c3)c2)nc1.N#Cc1cccc(-c2cccc(-c3cccc(-n4c5ccccc5c5c4ccc4c6ccccc6n(-c6ccccc6)c45)c3)c2)n1. The van der Waals surface area contributed by atoms with E-state index >= 15 is 0 Å². The molecule has 26 aromatic rings. The second-order valence-corrected chi connectivity index (χ2v) is 33.1. The molecule has 0 aliphatic carbocycles. The molecule has 0 aliphatic rings. The fraction of sp³-hybridized carbons (Fsp3) is 0. The monoisotopic (exact) mass is 1680 g/mol. The molecule has 0 radical (unpaired) electrons. The zero-order valence-corrected chi connectivity index (χ0v) is 71.1. The van der Waals surface area contributed by atoms with Crippen LogP contribution in [0.4, 0.5) is 0 Å². The van der Waals surface area contributed by atoms with Gasteiger partial charge in [0.1, 0.15) is 29.6 Å². The quantitative estimate of drug-likeness (QED) is 0.126. The normalized spacial score (nSPS) is 11.5. The number of aromatic nitrogens is 9. The van der Waals surface area contributed by atoms with E-state index in [4.69, 9.17) is 0 Å². The van der Waals surface area contributed by atoms with E-state index in [0.717, 1.165) is 107 Å². The van der Waals surface area contributed by atoms with E-state index in [1.165, 1.54) is 114 Å². The van der Waals surface area contributed by atoms with E-state index in [2.05, 4.69) is 449 Å². The van der Waals surface area contributed by atoms with Crippen molar-refractivity contribution in [2.75, 3.05) is 0 Å². The van der Waals surface area contributed by atoms with Crippen LogP contribution in [0.25, 0.3) is 221 Å². The van der Waals surface area contributed by atoms with Gasteiger partial charge in [0.2, 0.25) is 0 Å². The highest BCUT2D eigenvalue weighted by molar-refractivity contribution is 6.29. The molecule has 0 saturated heterocycles. The lowest BCUT2D eigenvalue weighted by atomic mass is 10.0. The van der Waals surface area contributed by atoms with Gasteiger partial charge in [-0.25, -0.2) is 9.97 Å². The van der Waals surface area contributed by atoms with Crippen LogP contribution in [0.15, 0.2) is 449 Å². The summed E-state index contributed by atoms with van der Waals surface area (Å²) in [7, 11) is 0. The van der Waals surface area contributed by atoms with E-state index in [1.54, 1.807) is 18.5 Å². The largest absolute Gasteiger partial charge is 0.309 e. The summed E-state index contributed by atoms with van der Waals surface area (Å²) in [6.07, 6.45) is 3.32. The Balaban J connectivity index is 0.000000110. The number of fused-ring (bicyclic) bond motifs is 21. The van der Waals surface area contributed by atoms with Crippen LogP contribution in [0, 0.1) is 34.0 Å². The van der Waals surface area contributed by atoms with Gasteiger partial charge in [0, 0.05) is 122 Å². The van der Waals surface area contributed by atoms with Gasteiger partial charge in [-0.3, -0.25) is 4.98 Å². The number of hydrogen-bond donors (Lipinski definition) is 0. The third-order valence-electron chi connectivity index (χ3n) is 25.7. The number of rotatable bonds is 11. The molecule has 12 heteroatoms. The molecular weight excluding hydrogens is 1610 g/mol. The lowest BCUT2D eigenvalue weighted by molar-refractivity contribution is 1.17. The van der Waals surface area contributed by atoms with Gasteiger partial charge in [0.15, 0.2) is 0 Å². The Hall–Kier alpha value is -18.5. The summed E-state index contributed by atoms with van der Waals surface area (Å²) >= 11 is 0. The van der Waals surface area contributed by atoms with Crippen LogP contribution in [0.1, 0.15) is 17.0 Å².